The van der Waals surface area contributed by atoms with Gasteiger partial charge in [0.25, 0.3) is 0 Å². The van der Waals surface area contributed by atoms with E-state index >= 15 is 0 Å². The van der Waals surface area contributed by atoms with Crippen molar-refractivity contribution < 1.29 is 0 Å². The van der Waals surface area contributed by atoms with Crippen molar-refractivity contribution in [2.45, 2.75) is 19.8 Å². The summed E-state index contributed by atoms with van der Waals surface area (Å²) < 4.78 is 1.89. The number of nitrogens with zero attached hydrogens (tertiary/aromatic N) is 2. The first-order chi connectivity index (χ1) is 4.79. The van der Waals surface area contributed by atoms with Crippen molar-refractivity contribution in [3.8, 4) is 0 Å². The molecule has 1 aliphatic rings. The van der Waals surface area contributed by atoms with Crippen LogP contribution in [-0.2, 0) is 7.05 Å². The summed E-state index contributed by atoms with van der Waals surface area (Å²) in [6.07, 6.45) is 8.36. The Morgan fingerprint density at radius 2 is 2.10 bits per heavy atom. The molecule has 1 aliphatic carbocycles. The molecule has 1 saturated carbocycles. The Morgan fingerprint density at radius 3 is 2.20 bits per heavy atom. The zero-order valence-electron chi connectivity index (χ0n) is 6.62. The molecular weight excluding hydrogens is 124 g/mol. The molecule has 1 fully saturated rings. The average molecular weight is 138 g/mol. The minimum absolute atomic E-state index is 1.08. The molecule has 2 nitrogen and oxygen atoms in total. The lowest BCUT2D eigenvalue weighted by Gasteiger charge is -1.76. The maximum atomic E-state index is 3.78. The highest BCUT2D eigenvalue weighted by atomic mass is 15.0. The zero-order chi connectivity index (χ0) is 7.40. The molecular formula is C8H14N2. The fourth-order valence-corrected chi connectivity index (χ4v) is 0.492. The highest BCUT2D eigenvalue weighted by Gasteiger charge is 2.12. The summed E-state index contributed by atoms with van der Waals surface area (Å²) >= 11 is 0. The van der Waals surface area contributed by atoms with Gasteiger partial charge in [0.05, 0.1) is 6.33 Å². The molecule has 0 aromatic carbocycles. The standard InChI is InChI=1S/C4H6N2.C4H8/c1-6-3-2-5-4-6;1-4-2-3-4/h2-4H,1H3;4H,2-3H2,1H3. The third kappa shape index (κ3) is 3.28. The molecule has 0 saturated heterocycles. The van der Waals surface area contributed by atoms with Gasteiger partial charge in [0, 0.05) is 19.4 Å². The molecule has 0 radical (unpaired) electrons. The lowest BCUT2D eigenvalue weighted by Crippen LogP contribution is -1.76. The molecule has 1 aromatic rings. The van der Waals surface area contributed by atoms with Crippen molar-refractivity contribution in [2.75, 3.05) is 0 Å². The van der Waals surface area contributed by atoms with Gasteiger partial charge in [0.1, 0.15) is 0 Å². The Balaban J connectivity index is 0.000000108. The van der Waals surface area contributed by atoms with Crippen molar-refractivity contribution >= 4 is 0 Å². The second-order valence-electron chi connectivity index (χ2n) is 2.91. The van der Waals surface area contributed by atoms with Gasteiger partial charge in [0.15, 0.2) is 0 Å². The van der Waals surface area contributed by atoms with Gasteiger partial charge in [-0.05, 0) is 5.92 Å². The van der Waals surface area contributed by atoms with E-state index in [9.17, 15) is 0 Å². The quantitative estimate of drug-likeness (QED) is 0.535. The molecule has 0 amide bonds. The molecule has 56 valence electrons. The molecule has 1 heterocycles. The number of aryl methyl sites for hydroxylation is 1. The number of aromatic nitrogens is 2. The lowest BCUT2D eigenvalue weighted by molar-refractivity contribution is 0.913. The van der Waals surface area contributed by atoms with Gasteiger partial charge in [-0.3, -0.25) is 0 Å². The molecule has 0 bridgehead atoms. The van der Waals surface area contributed by atoms with Gasteiger partial charge in [-0.15, -0.1) is 0 Å². The highest BCUT2D eigenvalue weighted by molar-refractivity contribution is 4.70. The minimum atomic E-state index is 1.08. The van der Waals surface area contributed by atoms with Crippen LogP contribution in [0.2, 0.25) is 0 Å². The molecule has 0 N–H and O–H groups in total. The van der Waals surface area contributed by atoms with Crippen LogP contribution in [-0.4, -0.2) is 9.55 Å². The molecule has 2 heteroatoms. The summed E-state index contributed by atoms with van der Waals surface area (Å²) in [5.74, 6) is 1.08. The van der Waals surface area contributed by atoms with E-state index in [0.29, 0.717) is 0 Å². The predicted molar refractivity (Wildman–Crippen MR) is 41.6 cm³/mol. The molecule has 0 aliphatic heterocycles. The first-order valence-electron chi connectivity index (χ1n) is 3.71. The van der Waals surface area contributed by atoms with Crippen LogP contribution in [0, 0.1) is 5.92 Å². The SMILES string of the molecule is CC1CC1.Cn1ccnc1. The number of imidazole rings is 1. The Bertz CT molecular complexity index is 163. The highest BCUT2D eigenvalue weighted by Crippen LogP contribution is 2.26. The van der Waals surface area contributed by atoms with Crippen molar-refractivity contribution in [1.29, 1.82) is 0 Å². The molecule has 0 atom stereocenters. The third-order valence-corrected chi connectivity index (χ3v) is 1.50. The van der Waals surface area contributed by atoms with Gasteiger partial charge < -0.3 is 4.57 Å². The monoisotopic (exact) mass is 138 g/mol. The van der Waals surface area contributed by atoms with Crippen molar-refractivity contribution in [3.63, 3.8) is 0 Å². The van der Waals surface area contributed by atoms with Gasteiger partial charge >= 0.3 is 0 Å². The van der Waals surface area contributed by atoms with E-state index in [2.05, 4.69) is 11.9 Å². The van der Waals surface area contributed by atoms with Crippen LogP contribution in [0.15, 0.2) is 18.7 Å². The molecule has 10 heavy (non-hydrogen) atoms. The Labute approximate surface area is 61.9 Å². The first kappa shape index (κ1) is 7.32. The van der Waals surface area contributed by atoms with E-state index in [1.165, 1.54) is 12.8 Å². The smallest absolute Gasteiger partial charge is 0.0943 e. The molecule has 1 aromatic heterocycles. The fourth-order valence-electron chi connectivity index (χ4n) is 0.492. The summed E-state index contributed by atoms with van der Waals surface area (Å²) in [6, 6.07) is 0. The summed E-state index contributed by atoms with van der Waals surface area (Å²) in [6.45, 7) is 2.28. The topological polar surface area (TPSA) is 17.8 Å². The van der Waals surface area contributed by atoms with Gasteiger partial charge in [-0.1, -0.05) is 19.8 Å². The van der Waals surface area contributed by atoms with Crippen molar-refractivity contribution in [1.82, 2.24) is 9.55 Å². The van der Waals surface area contributed by atoms with Gasteiger partial charge in [0.2, 0.25) is 0 Å². The zero-order valence-corrected chi connectivity index (χ0v) is 6.62. The van der Waals surface area contributed by atoms with E-state index in [-0.39, 0.29) is 0 Å². The van der Waals surface area contributed by atoms with E-state index in [1.807, 2.05) is 17.8 Å². The van der Waals surface area contributed by atoms with E-state index in [4.69, 9.17) is 0 Å². The van der Waals surface area contributed by atoms with Crippen LogP contribution in [0.1, 0.15) is 19.8 Å². The maximum Gasteiger partial charge on any atom is 0.0943 e. The summed E-state index contributed by atoms with van der Waals surface area (Å²) in [7, 11) is 1.94. The number of rotatable bonds is 0. The van der Waals surface area contributed by atoms with Crippen LogP contribution in [0.25, 0.3) is 0 Å². The Morgan fingerprint density at radius 1 is 1.50 bits per heavy atom. The first-order valence-corrected chi connectivity index (χ1v) is 3.71. The van der Waals surface area contributed by atoms with Crippen LogP contribution in [0.5, 0.6) is 0 Å². The largest absolute Gasteiger partial charge is 0.341 e. The predicted octanol–water partition coefficient (Wildman–Crippen LogP) is 1.84. The van der Waals surface area contributed by atoms with Gasteiger partial charge in [-0.2, -0.15) is 0 Å². The lowest BCUT2D eigenvalue weighted by atomic mass is 10.5. The van der Waals surface area contributed by atoms with Crippen LogP contribution < -0.4 is 0 Å². The Hall–Kier alpha value is -0.790. The molecule has 2 rings (SSSR count). The number of hydrogen-bond acceptors (Lipinski definition) is 1. The van der Waals surface area contributed by atoms with Crippen LogP contribution in [0.4, 0.5) is 0 Å². The van der Waals surface area contributed by atoms with Crippen LogP contribution in [0.3, 0.4) is 0 Å². The van der Waals surface area contributed by atoms with E-state index in [0.717, 1.165) is 5.92 Å². The average Bonchev–Trinajstić information content (AvgIpc) is 2.50. The molecule has 0 unspecified atom stereocenters. The Kier molecular flexibility index (Phi) is 2.49. The third-order valence-electron chi connectivity index (χ3n) is 1.50. The second kappa shape index (κ2) is 3.40. The van der Waals surface area contributed by atoms with Gasteiger partial charge in [-0.25, -0.2) is 4.98 Å². The second-order valence-corrected chi connectivity index (χ2v) is 2.91. The summed E-state index contributed by atoms with van der Waals surface area (Å²) in [5.41, 5.74) is 0. The summed E-state index contributed by atoms with van der Waals surface area (Å²) in [5, 5.41) is 0. The van der Waals surface area contributed by atoms with Crippen molar-refractivity contribution in [3.05, 3.63) is 18.7 Å². The van der Waals surface area contributed by atoms with E-state index in [1.54, 1.807) is 12.5 Å². The summed E-state index contributed by atoms with van der Waals surface area (Å²) in [4.78, 5) is 3.78. The van der Waals surface area contributed by atoms with Crippen LogP contribution >= 0.6 is 0 Å². The maximum absolute atomic E-state index is 3.78. The fraction of sp³-hybridized carbons (Fsp3) is 0.625. The molecule has 0 spiro atoms. The van der Waals surface area contributed by atoms with Crippen molar-refractivity contribution in [2.24, 2.45) is 13.0 Å². The van der Waals surface area contributed by atoms with E-state index < -0.39 is 0 Å². The minimum Gasteiger partial charge on any atom is -0.341 e. The normalized spacial score (nSPS) is 15.8. The number of hydrogen-bond donors (Lipinski definition) is 0.